The molecular weight excluding hydrogens is 355 g/mol. The topological polar surface area (TPSA) is 54.3 Å². The zero-order chi connectivity index (χ0) is 20.3. The lowest BCUT2D eigenvalue weighted by atomic mass is 10.1. The molecule has 0 aliphatic heterocycles. The molecule has 0 unspecified atom stereocenters. The molecule has 2 N–H and O–H groups in total. The second-order valence-electron chi connectivity index (χ2n) is 7.13. The molecule has 0 spiro atoms. The number of rotatable bonds is 7. The van der Waals surface area contributed by atoms with Gasteiger partial charge in [-0.15, -0.1) is 0 Å². The van der Waals surface area contributed by atoms with Crippen molar-refractivity contribution in [2.24, 2.45) is 0 Å². The Labute approximate surface area is 164 Å². The van der Waals surface area contributed by atoms with Crippen molar-refractivity contribution in [1.82, 2.24) is 9.88 Å². The van der Waals surface area contributed by atoms with Gasteiger partial charge in [0.1, 0.15) is 5.82 Å². The van der Waals surface area contributed by atoms with E-state index < -0.39 is 5.97 Å². The number of benzene rings is 2. The first-order valence-electron chi connectivity index (χ1n) is 9.29. The van der Waals surface area contributed by atoms with Gasteiger partial charge in [0.15, 0.2) is 0 Å². The number of hydrogen-bond acceptors (Lipinski definition) is 2. The smallest absolute Gasteiger partial charge is 0.337 e. The Morgan fingerprint density at radius 1 is 1.00 bits per heavy atom. The van der Waals surface area contributed by atoms with E-state index in [0.717, 1.165) is 28.1 Å². The zero-order valence-corrected chi connectivity index (χ0v) is 16.4. The molecule has 0 amide bonds. The number of halogens is 1. The number of carboxylic acids is 1. The molecule has 1 heterocycles. The van der Waals surface area contributed by atoms with Gasteiger partial charge in [0.05, 0.1) is 5.56 Å². The molecule has 28 heavy (non-hydrogen) atoms. The van der Waals surface area contributed by atoms with Gasteiger partial charge < -0.3 is 15.0 Å². The lowest BCUT2D eigenvalue weighted by Crippen LogP contribution is -2.15. The Morgan fingerprint density at radius 3 is 2.36 bits per heavy atom. The number of carboxylic acid groups (broad SMARTS) is 1. The molecule has 0 fully saturated rings. The molecular formula is C23H25FN2O2. The minimum absolute atomic E-state index is 0.267. The van der Waals surface area contributed by atoms with E-state index in [9.17, 15) is 14.3 Å². The minimum atomic E-state index is -0.915. The summed E-state index contributed by atoms with van der Waals surface area (Å²) in [5.41, 5.74) is 6.13. The molecule has 0 saturated heterocycles. The second-order valence-corrected chi connectivity index (χ2v) is 7.13. The first kappa shape index (κ1) is 19.8. The minimum Gasteiger partial charge on any atom is -0.478 e. The Balaban J connectivity index is 1.83. The van der Waals surface area contributed by atoms with Crippen molar-refractivity contribution < 1.29 is 14.3 Å². The summed E-state index contributed by atoms with van der Waals surface area (Å²) >= 11 is 0. The summed E-state index contributed by atoms with van der Waals surface area (Å²) in [6, 6.07) is 14.5. The third-order valence-electron chi connectivity index (χ3n) is 5.09. The van der Waals surface area contributed by atoms with Crippen molar-refractivity contribution in [3.8, 4) is 0 Å². The van der Waals surface area contributed by atoms with Crippen LogP contribution in [0.15, 0.2) is 48.5 Å². The van der Waals surface area contributed by atoms with Gasteiger partial charge in [-0.25, -0.2) is 9.18 Å². The molecule has 0 atom stereocenters. The summed E-state index contributed by atoms with van der Waals surface area (Å²) < 4.78 is 15.1. The monoisotopic (exact) mass is 380 g/mol. The highest BCUT2D eigenvalue weighted by Gasteiger charge is 2.22. The number of nitrogens with zero attached hydrogens (tertiary/aromatic N) is 1. The largest absolute Gasteiger partial charge is 0.478 e. The molecule has 0 saturated carbocycles. The summed E-state index contributed by atoms with van der Waals surface area (Å²) in [7, 11) is 0. The molecule has 3 aromatic rings. The predicted molar refractivity (Wildman–Crippen MR) is 108 cm³/mol. The molecule has 0 bridgehead atoms. The molecule has 3 rings (SSSR count). The standard InChI is InChI=1S/C23H25FN2O2/c1-15-5-4-6-19(11-15)14-26-16(2)21(22(17(26)3)23(27)28)13-25-12-18-7-9-20(24)10-8-18/h4-11,25H,12-14H2,1-3H3,(H,27,28). The van der Waals surface area contributed by atoms with Gasteiger partial charge in [-0.1, -0.05) is 42.0 Å². The van der Waals surface area contributed by atoms with Gasteiger partial charge in [0.25, 0.3) is 0 Å². The fourth-order valence-corrected chi connectivity index (χ4v) is 3.61. The van der Waals surface area contributed by atoms with Crippen LogP contribution in [0.4, 0.5) is 4.39 Å². The van der Waals surface area contributed by atoms with Crippen LogP contribution in [0.1, 0.15) is 44.0 Å². The third kappa shape index (κ3) is 4.31. The van der Waals surface area contributed by atoms with Crippen molar-refractivity contribution in [2.45, 2.75) is 40.4 Å². The van der Waals surface area contributed by atoms with E-state index in [4.69, 9.17) is 0 Å². The molecule has 2 aromatic carbocycles. The van der Waals surface area contributed by atoms with Crippen LogP contribution in [0.3, 0.4) is 0 Å². The van der Waals surface area contributed by atoms with Crippen LogP contribution in [0, 0.1) is 26.6 Å². The highest BCUT2D eigenvalue weighted by molar-refractivity contribution is 5.91. The number of nitrogens with one attached hydrogen (secondary N) is 1. The average Bonchev–Trinajstić information content (AvgIpc) is 2.88. The van der Waals surface area contributed by atoms with E-state index in [1.807, 2.05) is 32.9 Å². The fraction of sp³-hybridized carbons (Fsp3) is 0.261. The molecule has 0 aliphatic carbocycles. The summed E-state index contributed by atoms with van der Waals surface area (Å²) in [4.78, 5) is 11.9. The Bertz CT molecular complexity index is 991. The number of hydrogen-bond donors (Lipinski definition) is 2. The van der Waals surface area contributed by atoms with E-state index in [1.54, 1.807) is 12.1 Å². The third-order valence-corrected chi connectivity index (χ3v) is 5.09. The van der Waals surface area contributed by atoms with Crippen molar-refractivity contribution in [3.05, 3.63) is 93.6 Å². The molecule has 5 heteroatoms. The van der Waals surface area contributed by atoms with Crippen LogP contribution in [-0.2, 0) is 19.6 Å². The van der Waals surface area contributed by atoms with Crippen LogP contribution in [0.25, 0.3) is 0 Å². The van der Waals surface area contributed by atoms with E-state index >= 15 is 0 Å². The highest BCUT2D eigenvalue weighted by Crippen LogP contribution is 2.24. The van der Waals surface area contributed by atoms with Crippen LogP contribution in [-0.4, -0.2) is 15.6 Å². The van der Waals surface area contributed by atoms with E-state index in [-0.39, 0.29) is 5.82 Å². The normalized spacial score (nSPS) is 11.0. The van der Waals surface area contributed by atoms with Crippen molar-refractivity contribution >= 4 is 5.97 Å². The van der Waals surface area contributed by atoms with Gasteiger partial charge in [-0.2, -0.15) is 0 Å². The van der Waals surface area contributed by atoms with Gasteiger partial charge in [0, 0.05) is 36.6 Å². The van der Waals surface area contributed by atoms with Crippen molar-refractivity contribution in [3.63, 3.8) is 0 Å². The Morgan fingerprint density at radius 2 is 1.71 bits per heavy atom. The molecule has 4 nitrogen and oxygen atoms in total. The first-order chi connectivity index (χ1) is 13.4. The van der Waals surface area contributed by atoms with E-state index in [0.29, 0.717) is 25.2 Å². The lowest BCUT2D eigenvalue weighted by Gasteiger charge is -2.11. The lowest BCUT2D eigenvalue weighted by molar-refractivity contribution is 0.0694. The van der Waals surface area contributed by atoms with Crippen LogP contribution in [0.5, 0.6) is 0 Å². The maximum Gasteiger partial charge on any atom is 0.337 e. The number of aromatic nitrogens is 1. The van der Waals surface area contributed by atoms with E-state index in [1.165, 1.54) is 17.7 Å². The maximum atomic E-state index is 13.0. The number of aryl methyl sites for hydroxylation is 1. The SMILES string of the molecule is Cc1cccc(Cn2c(C)c(CNCc3ccc(F)cc3)c(C(=O)O)c2C)c1. The molecule has 0 radical (unpaired) electrons. The summed E-state index contributed by atoms with van der Waals surface area (Å²) in [6.45, 7) is 7.48. The molecule has 146 valence electrons. The highest BCUT2D eigenvalue weighted by atomic mass is 19.1. The quantitative estimate of drug-likeness (QED) is 0.630. The fourth-order valence-electron chi connectivity index (χ4n) is 3.61. The van der Waals surface area contributed by atoms with Gasteiger partial charge in [-0.3, -0.25) is 0 Å². The van der Waals surface area contributed by atoms with Crippen molar-refractivity contribution in [2.75, 3.05) is 0 Å². The molecule has 1 aromatic heterocycles. The Kier molecular flexibility index (Phi) is 5.95. The average molecular weight is 380 g/mol. The van der Waals surface area contributed by atoms with Crippen LogP contribution in [0.2, 0.25) is 0 Å². The van der Waals surface area contributed by atoms with Gasteiger partial charge in [0.2, 0.25) is 0 Å². The van der Waals surface area contributed by atoms with E-state index in [2.05, 4.69) is 22.0 Å². The Hall–Kier alpha value is -2.92. The maximum absolute atomic E-state index is 13.0. The summed E-state index contributed by atoms with van der Waals surface area (Å²) in [6.07, 6.45) is 0. The summed E-state index contributed by atoms with van der Waals surface area (Å²) in [5, 5.41) is 13.0. The predicted octanol–water partition coefficient (Wildman–Crippen LogP) is 4.59. The summed E-state index contributed by atoms with van der Waals surface area (Å²) in [5.74, 6) is -1.18. The van der Waals surface area contributed by atoms with Crippen molar-refractivity contribution in [1.29, 1.82) is 0 Å². The van der Waals surface area contributed by atoms with Gasteiger partial charge in [-0.05, 0) is 44.0 Å². The zero-order valence-electron chi connectivity index (χ0n) is 16.4. The number of carbonyl (C=O) groups is 1. The molecule has 0 aliphatic rings. The van der Waals surface area contributed by atoms with Crippen LogP contribution >= 0.6 is 0 Å². The second kappa shape index (κ2) is 8.40. The number of aromatic carboxylic acids is 1. The first-order valence-corrected chi connectivity index (χ1v) is 9.29. The van der Waals surface area contributed by atoms with Gasteiger partial charge >= 0.3 is 5.97 Å². The van der Waals surface area contributed by atoms with Crippen LogP contribution < -0.4 is 5.32 Å².